The molecule has 2 N–H and O–H groups in total. The summed E-state index contributed by atoms with van der Waals surface area (Å²) in [4.78, 5) is 0. The molecule has 0 aromatic carbocycles. The Morgan fingerprint density at radius 2 is 2.22 bits per heavy atom. The van der Waals surface area contributed by atoms with Gasteiger partial charge in [-0.25, -0.2) is 0 Å². The van der Waals surface area contributed by atoms with Gasteiger partial charge in [-0.3, -0.25) is 0 Å². The molecule has 0 unspecified atom stereocenters. The quantitative estimate of drug-likeness (QED) is 0.459. The zero-order valence-corrected chi connectivity index (χ0v) is 5.92. The number of hydrogen-bond donors (Lipinski definition) is 1. The number of nitrogens with two attached hydrogens (primary N) is 1. The Labute approximate surface area is 56.0 Å². The Morgan fingerprint density at radius 3 is 2.33 bits per heavy atom. The highest BCUT2D eigenvalue weighted by Gasteiger charge is 1.93. The summed E-state index contributed by atoms with van der Waals surface area (Å²) in [5.41, 5.74) is 5.17. The molecule has 2 nitrogen and oxygen atoms in total. The molecule has 0 aliphatic carbocycles. The number of hydrogen-bond acceptors (Lipinski definition) is 2. The first-order valence-corrected chi connectivity index (χ1v) is 2.91. The normalized spacial score (nSPS) is 11.7. The molecule has 0 rings (SSSR count). The largest absolute Gasteiger partial charge is 0.490 e. The fourth-order valence-corrected chi connectivity index (χ4v) is 0.428. The minimum Gasteiger partial charge on any atom is -0.490 e. The third kappa shape index (κ3) is 3.64. The standard InChI is InChI=1S/C7H13NO/c1-4-7(5-8)9-6(2)3/h4-6H,1,8H2,2-3H3/b7-5+. The van der Waals surface area contributed by atoms with Gasteiger partial charge in [0.2, 0.25) is 0 Å². The minimum absolute atomic E-state index is 0.165. The lowest BCUT2D eigenvalue weighted by molar-refractivity contribution is 0.157. The summed E-state index contributed by atoms with van der Waals surface area (Å²) in [7, 11) is 0. The van der Waals surface area contributed by atoms with E-state index in [4.69, 9.17) is 10.5 Å². The van der Waals surface area contributed by atoms with Crippen LogP contribution < -0.4 is 5.73 Å². The lowest BCUT2D eigenvalue weighted by atomic mass is 10.4. The predicted octanol–water partition coefficient (Wildman–Crippen LogP) is 1.40. The monoisotopic (exact) mass is 127 g/mol. The minimum atomic E-state index is 0.165. The second-order valence-corrected chi connectivity index (χ2v) is 1.94. The van der Waals surface area contributed by atoms with Gasteiger partial charge in [-0.15, -0.1) is 0 Å². The van der Waals surface area contributed by atoms with E-state index in [0.29, 0.717) is 5.76 Å². The van der Waals surface area contributed by atoms with Crippen LogP contribution in [0, 0.1) is 0 Å². The van der Waals surface area contributed by atoms with Gasteiger partial charge in [-0.05, 0) is 19.9 Å². The van der Waals surface area contributed by atoms with E-state index in [9.17, 15) is 0 Å². The molecular formula is C7H13NO. The van der Waals surface area contributed by atoms with Gasteiger partial charge >= 0.3 is 0 Å². The predicted molar refractivity (Wildman–Crippen MR) is 38.7 cm³/mol. The van der Waals surface area contributed by atoms with Gasteiger partial charge in [-0.2, -0.15) is 0 Å². The highest BCUT2D eigenvalue weighted by Crippen LogP contribution is 1.99. The van der Waals surface area contributed by atoms with Crippen molar-refractivity contribution in [3.05, 3.63) is 24.6 Å². The van der Waals surface area contributed by atoms with Gasteiger partial charge in [0.15, 0.2) is 0 Å². The van der Waals surface area contributed by atoms with E-state index in [2.05, 4.69) is 6.58 Å². The summed E-state index contributed by atoms with van der Waals surface area (Å²) >= 11 is 0. The van der Waals surface area contributed by atoms with E-state index >= 15 is 0 Å². The maximum Gasteiger partial charge on any atom is 0.134 e. The Hall–Kier alpha value is -0.920. The molecule has 0 amide bonds. The van der Waals surface area contributed by atoms with Gasteiger partial charge in [0.25, 0.3) is 0 Å². The Kier molecular flexibility index (Phi) is 3.60. The molecule has 0 saturated carbocycles. The van der Waals surface area contributed by atoms with E-state index in [1.807, 2.05) is 13.8 Å². The van der Waals surface area contributed by atoms with E-state index < -0.39 is 0 Å². The van der Waals surface area contributed by atoms with Crippen LogP contribution in [0.25, 0.3) is 0 Å². The molecule has 0 spiro atoms. The Bertz CT molecular complexity index is 116. The second-order valence-electron chi connectivity index (χ2n) is 1.94. The van der Waals surface area contributed by atoms with Crippen LogP contribution in [0.4, 0.5) is 0 Å². The van der Waals surface area contributed by atoms with E-state index in [1.165, 1.54) is 6.20 Å². The molecule has 0 atom stereocenters. The molecule has 52 valence electrons. The van der Waals surface area contributed by atoms with E-state index in [1.54, 1.807) is 6.08 Å². The maximum absolute atomic E-state index is 5.17. The topological polar surface area (TPSA) is 35.2 Å². The number of rotatable bonds is 3. The van der Waals surface area contributed by atoms with Crippen LogP contribution in [0.1, 0.15) is 13.8 Å². The fraction of sp³-hybridized carbons (Fsp3) is 0.429. The first-order valence-electron chi connectivity index (χ1n) is 2.91. The summed E-state index contributed by atoms with van der Waals surface area (Å²) in [6, 6.07) is 0. The number of ether oxygens (including phenoxy) is 1. The SMILES string of the molecule is C=C/C(=C\N)OC(C)C. The van der Waals surface area contributed by atoms with Crippen molar-refractivity contribution in [1.82, 2.24) is 0 Å². The van der Waals surface area contributed by atoms with Crippen molar-refractivity contribution in [1.29, 1.82) is 0 Å². The third-order valence-electron chi connectivity index (χ3n) is 0.737. The summed E-state index contributed by atoms with van der Waals surface area (Å²) in [6.07, 6.45) is 3.14. The van der Waals surface area contributed by atoms with Crippen LogP contribution in [0.5, 0.6) is 0 Å². The van der Waals surface area contributed by atoms with Gasteiger partial charge < -0.3 is 10.5 Å². The van der Waals surface area contributed by atoms with Crippen LogP contribution >= 0.6 is 0 Å². The van der Waals surface area contributed by atoms with Crippen molar-refractivity contribution < 1.29 is 4.74 Å². The zero-order chi connectivity index (χ0) is 7.28. The second kappa shape index (κ2) is 4.01. The van der Waals surface area contributed by atoms with Crippen LogP contribution in [0.15, 0.2) is 24.6 Å². The zero-order valence-electron chi connectivity index (χ0n) is 5.92. The van der Waals surface area contributed by atoms with Gasteiger partial charge in [-0.1, -0.05) is 6.58 Å². The van der Waals surface area contributed by atoms with Crippen molar-refractivity contribution in [2.24, 2.45) is 5.73 Å². The molecule has 0 heterocycles. The van der Waals surface area contributed by atoms with E-state index in [0.717, 1.165) is 0 Å². The lowest BCUT2D eigenvalue weighted by Crippen LogP contribution is -2.01. The smallest absolute Gasteiger partial charge is 0.134 e. The molecule has 0 aliphatic heterocycles. The lowest BCUT2D eigenvalue weighted by Gasteiger charge is -2.08. The van der Waals surface area contributed by atoms with Gasteiger partial charge in [0, 0.05) is 6.20 Å². The summed E-state index contributed by atoms with van der Waals surface area (Å²) in [5.74, 6) is 0.630. The molecule has 0 aliphatic rings. The van der Waals surface area contributed by atoms with Crippen molar-refractivity contribution in [3.8, 4) is 0 Å². The van der Waals surface area contributed by atoms with E-state index in [-0.39, 0.29) is 6.10 Å². The molecular weight excluding hydrogens is 114 g/mol. The highest BCUT2D eigenvalue weighted by molar-refractivity contribution is 5.06. The first-order chi connectivity index (χ1) is 4.20. The summed E-state index contributed by atoms with van der Waals surface area (Å²) in [6.45, 7) is 7.39. The van der Waals surface area contributed by atoms with Crippen molar-refractivity contribution in [3.63, 3.8) is 0 Å². The maximum atomic E-state index is 5.17. The third-order valence-corrected chi connectivity index (χ3v) is 0.737. The number of allylic oxidation sites excluding steroid dienone is 1. The van der Waals surface area contributed by atoms with Crippen LogP contribution in [-0.4, -0.2) is 6.10 Å². The molecule has 0 bridgehead atoms. The Balaban J connectivity index is 3.71. The van der Waals surface area contributed by atoms with Crippen molar-refractivity contribution in [2.75, 3.05) is 0 Å². The molecule has 0 radical (unpaired) electrons. The average Bonchev–Trinajstić information content (AvgIpc) is 1.82. The summed E-state index contributed by atoms with van der Waals surface area (Å²) in [5, 5.41) is 0. The molecule has 0 aromatic rings. The van der Waals surface area contributed by atoms with Crippen LogP contribution in [-0.2, 0) is 4.74 Å². The average molecular weight is 127 g/mol. The molecule has 0 saturated heterocycles. The van der Waals surface area contributed by atoms with Gasteiger partial charge in [0.1, 0.15) is 5.76 Å². The van der Waals surface area contributed by atoms with Crippen molar-refractivity contribution in [2.45, 2.75) is 20.0 Å². The first kappa shape index (κ1) is 8.08. The molecule has 2 heteroatoms. The Morgan fingerprint density at radius 1 is 1.67 bits per heavy atom. The highest BCUT2D eigenvalue weighted by atomic mass is 16.5. The van der Waals surface area contributed by atoms with Crippen molar-refractivity contribution >= 4 is 0 Å². The fourth-order valence-electron chi connectivity index (χ4n) is 0.428. The molecule has 0 aromatic heterocycles. The van der Waals surface area contributed by atoms with Crippen LogP contribution in [0.3, 0.4) is 0 Å². The molecule has 9 heavy (non-hydrogen) atoms. The van der Waals surface area contributed by atoms with Gasteiger partial charge in [0.05, 0.1) is 6.10 Å². The van der Waals surface area contributed by atoms with Crippen LogP contribution in [0.2, 0.25) is 0 Å². The molecule has 0 fully saturated rings. The summed E-state index contributed by atoms with van der Waals surface area (Å²) < 4.78 is 5.17.